The Bertz CT molecular complexity index is 768. The van der Waals surface area contributed by atoms with Crippen LogP contribution >= 0.6 is 0 Å². The van der Waals surface area contributed by atoms with Crippen LogP contribution in [-0.2, 0) is 4.74 Å². The molecule has 3 rings (SSSR count). The van der Waals surface area contributed by atoms with Crippen LogP contribution in [0.25, 0.3) is 11.8 Å². The molecule has 0 spiro atoms. The molecule has 2 N–H and O–H groups in total. The van der Waals surface area contributed by atoms with Gasteiger partial charge in [0.25, 0.3) is 0 Å². The highest BCUT2D eigenvalue weighted by molar-refractivity contribution is 6.06. The molecule has 0 bridgehead atoms. The highest BCUT2D eigenvalue weighted by Crippen LogP contribution is 2.32. The van der Waals surface area contributed by atoms with Crippen molar-refractivity contribution in [3.63, 3.8) is 0 Å². The third-order valence-electron chi connectivity index (χ3n) is 3.07. The van der Waals surface area contributed by atoms with Gasteiger partial charge in [-0.2, -0.15) is 5.26 Å². The number of rotatable bonds is 1. The first-order valence-corrected chi connectivity index (χ1v) is 6.01. The first-order valence-electron chi connectivity index (χ1n) is 6.01. The van der Waals surface area contributed by atoms with Gasteiger partial charge < -0.3 is 10.5 Å². The Labute approximate surface area is 115 Å². The average molecular weight is 262 g/mol. The van der Waals surface area contributed by atoms with Crippen LogP contribution in [-0.4, -0.2) is 5.97 Å². The summed E-state index contributed by atoms with van der Waals surface area (Å²) < 4.78 is 5.25. The van der Waals surface area contributed by atoms with Gasteiger partial charge in [-0.15, -0.1) is 0 Å². The van der Waals surface area contributed by atoms with E-state index in [0.29, 0.717) is 22.6 Å². The summed E-state index contributed by atoms with van der Waals surface area (Å²) in [5.74, 6) is 0.0990. The van der Waals surface area contributed by atoms with Crippen molar-refractivity contribution in [2.75, 3.05) is 5.73 Å². The molecule has 20 heavy (non-hydrogen) atoms. The maximum Gasteiger partial charge on any atom is 0.344 e. The van der Waals surface area contributed by atoms with Crippen molar-refractivity contribution >= 4 is 23.5 Å². The Kier molecular flexibility index (Phi) is 2.73. The van der Waals surface area contributed by atoms with Crippen molar-refractivity contribution in [1.29, 1.82) is 5.26 Å². The second kappa shape index (κ2) is 4.56. The van der Waals surface area contributed by atoms with Gasteiger partial charge in [0.05, 0.1) is 17.2 Å². The van der Waals surface area contributed by atoms with Gasteiger partial charge in [0.1, 0.15) is 5.76 Å². The largest absolute Gasteiger partial charge is 0.422 e. The highest BCUT2D eigenvalue weighted by Gasteiger charge is 2.26. The maximum absolute atomic E-state index is 11.8. The topological polar surface area (TPSA) is 76.1 Å². The van der Waals surface area contributed by atoms with E-state index in [1.807, 2.05) is 0 Å². The number of esters is 1. The third-order valence-corrected chi connectivity index (χ3v) is 3.07. The van der Waals surface area contributed by atoms with Crippen LogP contribution in [0, 0.1) is 11.3 Å². The number of nitrogens with zero attached hydrogens (tertiary/aromatic N) is 1. The molecular formula is C16H10N2O2. The molecule has 4 nitrogen and oxygen atoms in total. The lowest BCUT2D eigenvalue weighted by Crippen LogP contribution is -1.94. The van der Waals surface area contributed by atoms with Crippen LogP contribution in [0.4, 0.5) is 5.69 Å². The molecule has 96 valence electrons. The van der Waals surface area contributed by atoms with Crippen LogP contribution in [0.15, 0.2) is 42.5 Å². The van der Waals surface area contributed by atoms with E-state index in [-0.39, 0.29) is 0 Å². The van der Waals surface area contributed by atoms with Crippen molar-refractivity contribution in [1.82, 2.24) is 0 Å². The van der Waals surface area contributed by atoms with E-state index in [1.165, 1.54) is 0 Å². The zero-order chi connectivity index (χ0) is 14.1. The van der Waals surface area contributed by atoms with Crippen LogP contribution in [0.2, 0.25) is 0 Å². The normalized spacial score (nSPS) is 14.8. The molecule has 1 heterocycles. The number of carbonyl (C=O) groups excluding carboxylic acids is 1. The molecule has 0 atom stereocenters. The summed E-state index contributed by atoms with van der Waals surface area (Å²) in [7, 11) is 0. The SMILES string of the molecule is N#Cc1ccc(/C=C2\OC(=O)c3cc(N)ccc32)cc1. The zero-order valence-corrected chi connectivity index (χ0v) is 10.5. The molecule has 4 heteroatoms. The van der Waals surface area contributed by atoms with E-state index in [4.69, 9.17) is 15.7 Å². The third kappa shape index (κ3) is 2.02. The summed E-state index contributed by atoms with van der Waals surface area (Å²) >= 11 is 0. The molecule has 1 aliphatic heterocycles. The molecule has 2 aromatic rings. The molecule has 0 radical (unpaired) electrons. The lowest BCUT2D eigenvalue weighted by molar-refractivity contribution is 0.0717. The minimum atomic E-state index is -0.396. The van der Waals surface area contributed by atoms with Crippen molar-refractivity contribution < 1.29 is 9.53 Å². The Hall–Kier alpha value is -3.06. The van der Waals surface area contributed by atoms with Gasteiger partial charge in [0, 0.05) is 11.3 Å². The van der Waals surface area contributed by atoms with Crippen LogP contribution < -0.4 is 5.73 Å². The summed E-state index contributed by atoms with van der Waals surface area (Å²) in [4.78, 5) is 11.8. The summed E-state index contributed by atoms with van der Waals surface area (Å²) in [6, 6.07) is 14.2. The number of anilines is 1. The lowest BCUT2D eigenvalue weighted by atomic mass is 10.1. The monoisotopic (exact) mass is 262 g/mol. The smallest absolute Gasteiger partial charge is 0.344 e. The number of benzene rings is 2. The number of nitrogen functional groups attached to an aromatic ring is 1. The summed E-state index contributed by atoms with van der Waals surface area (Å²) in [6.45, 7) is 0. The second-order valence-corrected chi connectivity index (χ2v) is 4.44. The Morgan fingerprint density at radius 2 is 1.85 bits per heavy atom. The lowest BCUT2D eigenvalue weighted by Gasteiger charge is -1.99. The first kappa shape index (κ1) is 12.0. The quantitative estimate of drug-likeness (QED) is 0.633. The average Bonchev–Trinajstić information content (AvgIpc) is 2.76. The summed E-state index contributed by atoms with van der Waals surface area (Å²) in [5, 5.41) is 8.76. The van der Waals surface area contributed by atoms with Crippen molar-refractivity contribution in [3.05, 3.63) is 64.7 Å². The van der Waals surface area contributed by atoms with E-state index >= 15 is 0 Å². The molecule has 0 aliphatic carbocycles. The molecule has 2 aromatic carbocycles. The molecule has 0 unspecified atom stereocenters. The van der Waals surface area contributed by atoms with E-state index < -0.39 is 5.97 Å². The van der Waals surface area contributed by atoms with Gasteiger partial charge in [-0.05, 0) is 42.0 Å². The minimum absolute atomic E-state index is 0.396. The minimum Gasteiger partial charge on any atom is -0.422 e. The van der Waals surface area contributed by atoms with E-state index in [1.54, 1.807) is 48.5 Å². The van der Waals surface area contributed by atoms with Gasteiger partial charge in [-0.25, -0.2) is 4.79 Å². The van der Waals surface area contributed by atoms with E-state index in [2.05, 4.69) is 6.07 Å². The molecule has 1 aliphatic rings. The van der Waals surface area contributed by atoms with Crippen LogP contribution in [0.5, 0.6) is 0 Å². The van der Waals surface area contributed by atoms with E-state index in [9.17, 15) is 4.79 Å². The number of hydrogen-bond donors (Lipinski definition) is 1. The Morgan fingerprint density at radius 1 is 1.10 bits per heavy atom. The van der Waals surface area contributed by atoms with Gasteiger partial charge in [0.15, 0.2) is 0 Å². The summed E-state index contributed by atoms with van der Waals surface area (Å²) in [6.07, 6.45) is 1.76. The number of cyclic esters (lactones) is 1. The van der Waals surface area contributed by atoms with Gasteiger partial charge in [0.2, 0.25) is 0 Å². The predicted molar refractivity (Wildman–Crippen MR) is 75.3 cm³/mol. The number of hydrogen-bond acceptors (Lipinski definition) is 4. The molecule has 0 amide bonds. The zero-order valence-electron chi connectivity index (χ0n) is 10.5. The standard InChI is InChI=1S/C16H10N2O2/c17-9-11-3-1-10(2-4-11)7-15-13-6-5-12(18)8-14(13)16(19)20-15/h1-8H,18H2/b15-7-. The second-order valence-electron chi connectivity index (χ2n) is 4.44. The number of ether oxygens (including phenoxy) is 1. The fraction of sp³-hybridized carbons (Fsp3) is 0. The fourth-order valence-corrected chi connectivity index (χ4v) is 2.07. The molecule has 0 saturated heterocycles. The number of carbonyl (C=O) groups is 1. The van der Waals surface area contributed by atoms with E-state index in [0.717, 1.165) is 11.1 Å². The molecule has 0 aromatic heterocycles. The van der Waals surface area contributed by atoms with Crippen molar-refractivity contribution in [3.8, 4) is 6.07 Å². The fourth-order valence-electron chi connectivity index (χ4n) is 2.07. The Morgan fingerprint density at radius 3 is 2.55 bits per heavy atom. The van der Waals surface area contributed by atoms with Gasteiger partial charge >= 0.3 is 5.97 Å². The van der Waals surface area contributed by atoms with Gasteiger partial charge in [-0.3, -0.25) is 0 Å². The maximum atomic E-state index is 11.8. The number of nitrogens with two attached hydrogens (primary N) is 1. The number of nitriles is 1. The predicted octanol–water partition coefficient (Wildman–Crippen LogP) is 2.81. The number of fused-ring (bicyclic) bond motifs is 1. The van der Waals surface area contributed by atoms with Crippen LogP contribution in [0.3, 0.4) is 0 Å². The highest BCUT2D eigenvalue weighted by atomic mass is 16.5. The van der Waals surface area contributed by atoms with Crippen molar-refractivity contribution in [2.24, 2.45) is 0 Å². The Balaban J connectivity index is 2.02. The van der Waals surface area contributed by atoms with Gasteiger partial charge in [-0.1, -0.05) is 12.1 Å². The molecule has 0 saturated carbocycles. The first-order chi connectivity index (χ1) is 9.67. The van der Waals surface area contributed by atoms with Crippen molar-refractivity contribution in [2.45, 2.75) is 0 Å². The molecular weight excluding hydrogens is 252 g/mol. The summed E-state index contributed by atoms with van der Waals surface area (Å²) in [5.41, 5.74) is 8.84. The molecule has 0 fully saturated rings. The van der Waals surface area contributed by atoms with Crippen LogP contribution in [0.1, 0.15) is 27.0 Å².